The molecule has 0 N–H and O–H groups in total. The minimum absolute atomic E-state index is 0.512. The smallest absolute Gasteiger partial charge is 0.0606 e. The van der Waals surface area contributed by atoms with Gasteiger partial charge in [-0.05, 0) is 28.5 Å². The molecular formula is C9H5Cl3S. The lowest BCUT2D eigenvalue weighted by Crippen LogP contribution is -1.74. The third-order valence-corrected chi connectivity index (χ3v) is 3.84. The third-order valence-electron chi connectivity index (χ3n) is 1.84. The number of halogens is 3. The van der Waals surface area contributed by atoms with E-state index in [1.54, 1.807) is 11.3 Å². The van der Waals surface area contributed by atoms with Gasteiger partial charge in [-0.25, -0.2) is 0 Å². The van der Waals surface area contributed by atoms with Crippen LogP contribution in [0.15, 0.2) is 17.5 Å². The topological polar surface area (TPSA) is 0 Å². The second-order valence-corrected chi connectivity index (χ2v) is 4.65. The van der Waals surface area contributed by atoms with E-state index in [0.29, 0.717) is 15.9 Å². The first-order chi connectivity index (χ1) is 6.22. The van der Waals surface area contributed by atoms with Crippen LogP contribution in [-0.2, 0) is 5.88 Å². The van der Waals surface area contributed by atoms with E-state index in [-0.39, 0.29) is 0 Å². The summed E-state index contributed by atoms with van der Waals surface area (Å²) < 4.78 is 1.13. The number of benzene rings is 1. The Morgan fingerprint density at radius 3 is 2.54 bits per heavy atom. The Morgan fingerprint density at radius 1 is 1.15 bits per heavy atom. The van der Waals surface area contributed by atoms with Crippen LogP contribution in [0.3, 0.4) is 0 Å². The van der Waals surface area contributed by atoms with Crippen molar-refractivity contribution >= 4 is 56.2 Å². The lowest BCUT2D eigenvalue weighted by Gasteiger charge is -1.97. The van der Waals surface area contributed by atoms with E-state index in [1.807, 2.05) is 17.5 Å². The fourth-order valence-corrected chi connectivity index (χ4v) is 2.87. The van der Waals surface area contributed by atoms with Gasteiger partial charge in [0, 0.05) is 10.6 Å². The Hall–Kier alpha value is 0.0500. The predicted molar refractivity (Wildman–Crippen MR) is 61.4 cm³/mol. The van der Waals surface area contributed by atoms with Gasteiger partial charge >= 0.3 is 0 Å². The molecule has 13 heavy (non-hydrogen) atoms. The quantitative estimate of drug-likeness (QED) is 0.629. The summed E-state index contributed by atoms with van der Waals surface area (Å²) in [4.78, 5) is 0. The second-order valence-electron chi connectivity index (χ2n) is 2.66. The predicted octanol–water partition coefficient (Wildman–Crippen LogP) is 4.95. The molecule has 4 heteroatoms. The van der Waals surface area contributed by atoms with Gasteiger partial charge in [-0.3, -0.25) is 0 Å². The van der Waals surface area contributed by atoms with Crippen molar-refractivity contribution in [1.29, 1.82) is 0 Å². The third kappa shape index (κ3) is 1.66. The van der Waals surface area contributed by atoms with Crippen molar-refractivity contribution in [2.45, 2.75) is 5.88 Å². The first-order valence-corrected chi connectivity index (χ1v) is 5.80. The van der Waals surface area contributed by atoms with Gasteiger partial charge in [0.2, 0.25) is 0 Å². The molecule has 2 rings (SSSR count). The molecule has 0 amide bonds. The number of fused-ring (bicyclic) bond motifs is 1. The molecule has 0 atom stereocenters. The van der Waals surface area contributed by atoms with Gasteiger partial charge in [0.25, 0.3) is 0 Å². The van der Waals surface area contributed by atoms with E-state index in [9.17, 15) is 0 Å². The average Bonchev–Trinajstić information content (AvgIpc) is 2.48. The maximum atomic E-state index is 5.90. The fraction of sp³-hybridized carbons (Fsp3) is 0.111. The minimum atomic E-state index is 0.512. The normalized spacial score (nSPS) is 11.0. The summed E-state index contributed by atoms with van der Waals surface area (Å²) in [6, 6.07) is 3.74. The van der Waals surface area contributed by atoms with Gasteiger partial charge in [-0.1, -0.05) is 23.2 Å². The van der Waals surface area contributed by atoms with Crippen molar-refractivity contribution in [1.82, 2.24) is 0 Å². The highest BCUT2D eigenvalue weighted by Gasteiger charge is 2.06. The molecule has 1 heterocycles. The van der Waals surface area contributed by atoms with Crippen molar-refractivity contribution in [3.63, 3.8) is 0 Å². The number of hydrogen-bond donors (Lipinski definition) is 0. The van der Waals surface area contributed by atoms with Gasteiger partial charge in [0.05, 0.1) is 10.0 Å². The molecule has 68 valence electrons. The highest BCUT2D eigenvalue weighted by atomic mass is 35.5. The summed E-state index contributed by atoms with van der Waals surface area (Å²) >= 11 is 19.2. The first-order valence-electron chi connectivity index (χ1n) is 3.63. The van der Waals surface area contributed by atoms with Gasteiger partial charge in [0.15, 0.2) is 0 Å². The van der Waals surface area contributed by atoms with Gasteiger partial charge in [-0.2, -0.15) is 0 Å². The van der Waals surface area contributed by atoms with Crippen molar-refractivity contribution in [3.8, 4) is 0 Å². The van der Waals surface area contributed by atoms with Crippen LogP contribution in [-0.4, -0.2) is 0 Å². The zero-order chi connectivity index (χ0) is 9.42. The number of hydrogen-bond acceptors (Lipinski definition) is 1. The lowest BCUT2D eigenvalue weighted by molar-refractivity contribution is 1.50. The van der Waals surface area contributed by atoms with Gasteiger partial charge in [0.1, 0.15) is 0 Å². The zero-order valence-electron chi connectivity index (χ0n) is 6.48. The molecule has 0 radical (unpaired) electrons. The molecule has 0 fully saturated rings. The van der Waals surface area contributed by atoms with E-state index >= 15 is 0 Å². The van der Waals surface area contributed by atoms with Crippen LogP contribution in [0, 0.1) is 0 Å². The Morgan fingerprint density at radius 2 is 1.85 bits per heavy atom. The van der Waals surface area contributed by atoms with Crippen LogP contribution < -0.4 is 0 Å². The maximum Gasteiger partial charge on any atom is 0.0606 e. The van der Waals surface area contributed by atoms with E-state index in [2.05, 4.69) is 0 Å². The van der Waals surface area contributed by atoms with Crippen LogP contribution in [0.25, 0.3) is 10.1 Å². The van der Waals surface area contributed by atoms with Crippen molar-refractivity contribution < 1.29 is 0 Å². The molecule has 0 saturated carbocycles. The van der Waals surface area contributed by atoms with Crippen LogP contribution >= 0.6 is 46.1 Å². The molecule has 0 aliphatic heterocycles. The molecule has 0 unspecified atom stereocenters. The maximum absolute atomic E-state index is 5.90. The second kappa shape index (κ2) is 3.66. The van der Waals surface area contributed by atoms with Gasteiger partial charge in [-0.15, -0.1) is 22.9 Å². The van der Waals surface area contributed by atoms with E-state index < -0.39 is 0 Å². The fourth-order valence-electron chi connectivity index (χ4n) is 1.18. The first kappa shape index (κ1) is 9.60. The van der Waals surface area contributed by atoms with Gasteiger partial charge < -0.3 is 0 Å². The summed E-state index contributed by atoms with van der Waals surface area (Å²) in [5.74, 6) is 0.512. The van der Waals surface area contributed by atoms with Crippen LogP contribution in [0.4, 0.5) is 0 Å². The van der Waals surface area contributed by atoms with Crippen molar-refractivity contribution in [2.75, 3.05) is 0 Å². The Bertz CT molecular complexity index is 447. The number of thiophene rings is 1. The molecule has 0 bridgehead atoms. The molecule has 0 aliphatic carbocycles. The Labute approximate surface area is 95.0 Å². The van der Waals surface area contributed by atoms with E-state index in [1.165, 1.54) is 0 Å². The summed E-state index contributed by atoms with van der Waals surface area (Å²) in [6.07, 6.45) is 0. The molecule has 0 aliphatic rings. The average molecular weight is 252 g/mol. The standard InChI is InChI=1S/C9H5Cl3S/c10-3-5-4-13-9-2-8(12)7(11)1-6(5)9/h1-2,4H,3H2. The summed E-state index contributed by atoms with van der Waals surface area (Å²) in [7, 11) is 0. The summed E-state index contributed by atoms with van der Waals surface area (Å²) in [6.45, 7) is 0. The SMILES string of the molecule is ClCc1csc2cc(Cl)c(Cl)cc12. The molecular weight excluding hydrogens is 247 g/mol. The summed E-state index contributed by atoms with van der Waals surface area (Å²) in [5.41, 5.74) is 1.11. The Balaban J connectivity index is 2.77. The Kier molecular flexibility index (Phi) is 2.70. The highest BCUT2D eigenvalue weighted by molar-refractivity contribution is 7.17. The van der Waals surface area contributed by atoms with Crippen molar-refractivity contribution in [3.05, 3.63) is 33.1 Å². The molecule has 1 aromatic carbocycles. The molecule has 1 aromatic heterocycles. The number of alkyl halides is 1. The lowest BCUT2D eigenvalue weighted by atomic mass is 10.2. The monoisotopic (exact) mass is 250 g/mol. The molecule has 0 spiro atoms. The largest absolute Gasteiger partial charge is 0.143 e. The molecule has 0 saturated heterocycles. The highest BCUT2D eigenvalue weighted by Crippen LogP contribution is 2.34. The van der Waals surface area contributed by atoms with Crippen LogP contribution in [0.5, 0.6) is 0 Å². The number of rotatable bonds is 1. The minimum Gasteiger partial charge on any atom is -0.143 e. The van der Waals surface area contributed by atoms with Crippen molar-refractivity contribution in [2.24, 2.45) is 0 Å². The van der Waals surface area contributed by atoms with E-state index in [0.717, 1.165) is 15.6 Å². The molecule has 2 aromatic rings. The van der Waals surface area contributed by atoms with Crippen LogP contribution in [0.2, 0.25) is 10.0 Å². The molecule has 0 nitrogen and oxygen atoms in total. The van der Waals surface area contributed by atoms with Crippen LogP contribution in [0.1, 0.15) is 5.56 Å². The summed E-state index contributed by atoms with van der Waals surface area (Å²) in [5, 5.41) is 4.31. The zero-order valence-corrected chi connectivity index (χ0v) is 9.57. The van der Waals surface area contributed by atoms with E-state index in [4.69, 9.17) is 34.8 Å².